The summed E-state index contributed by atoms with van der Waals surface area (Å²) >= 11 is 11.5. The Balaban J connectivity index is 1.70. The molecule has 0 unspecified atom stereocenters. The van der Waals surface area contributed by atoms with E-state index < -0.39 is 0 Å². The van der Waals surface area contributed by atoms with E-state index in [0.29, 0.717) is 17.8 Å². The average molecular weight is 313 g/mol. The first-order valence-corrected chi connectivity index (χ1v) is 9.12. The average Bonchev–Trinajstić information content (AvgIpc) is 2.49. The van der Waals surface area contributed by atoms with Crippen LogP contribution in [0.3, 0.4) is 0 Å². The van der Waals surface area contributed by atoms with Gasteiger partial charge in [0.1, 0.15) is 0 Å². The predicted octanol–water partition coefficient (Wildman–Crippen LogP) is 5.98. The van der Waals surface area contributed by atoms with Gasteiger partial charge in [0.2, 0.25) is 0 Å². The van der Waals surface area contributed by atoms with Gasteiger partial charge in [-0.2, -0.15) is 0 Å². The van der Waals surface area contributed by atoms with Crippen LogP contribution in [0.25, 0.3) is 0 Å². The first kappa shape index (κ1) is 16.3. The van der Waals surface area contributed by atoms with E-state index in [1.165, 1.54) is 57.8 Å². The zero-order valence-electron chi connectivity index (χ0n) is 12.3. The molecule has 112 valence electrons. The lowest BCUT2D eigenvalue weighted by Crippen LogP contribution is -2.15. The van der Waals surface area contributed by atoms with Gasteiger partial charge in [0.15, 0.2) is 0 Å². The summed E-state index contributed by atoms with van der Waals surface area (Å²) < 4.78 is 0. The Kier molecular flexibility index (Phi) is 7.32. The van der Waals surface area contributed by atoms with Crippen LogP contribution in [0.2, 0.25) is 0 Å². The van der Waals surface area contributed by atoms with Crippen LogP contribution in [0.1, 0.15) is 57.8 Å². The Morgan fingerprint density at radius 2 is 1.40 bits per heavy atom. The van der Waals surface area contributed by atoms with Gasteiger partial charge in [0, 0.05) is 23.3 Å². The van der Waals surface area contributed by atoms with Gasteiger partial charge >= 0.3 is 0 Å². The van der Waals surface area contributed by atoms with Gasteiger partial charge in [-0.25, -0.2) is 0 Å². The van der Waals surface area contributed by atoms with Gasteiger partial charge in [0.05, 0.1) is 0 Å². The zero-order valence-corrected chi connectivity index (χ0v) is 13.8. The van der Waals surface area contributed by atoms with Gasteiger partial charge < -0.3 is 0 Å². The van der Waals surface area contributed by atoms with Crippen LogP contribution in [-0.4, -0.2) is 5.88 Å². The number of halogens is 2. The zero-order chi connectivity index (χ0) is 14.2. The molecule has 2 rings (SSSR count). The SMILES string of the molecule is Cl/C=C/C1CCC(C#CC2CCC(CCCl)CC2)CC1. The van der Waals surface area contributed by atoms with Crippen LogP contribution >= 0.6 is 23.2 Å². The van der Waals surface area contributed by atoms with Crippen LogP contribution in [0.5, 0.6) is 0 Å². The second-order valence-electron chi connectivity index (χ2n) is 6.41. The molecule has 2 heteroatoms. The maximum absolute atomic E-state index is 5.83. The Bertz CT molecular complexity index is 347. The van der Waals surface area contributed by atoms with Crippen molar-refractivity contribution in [1.82, 2.24) is 0 Å². The molecule has 0 aromatic heterocycles. The van der Waals surface area contributed by atoms with E-state index in [0.717, 1.165) is 11.8 Å². The molecule has 0 radical (unpaired) electrons. The van der Waals surface area contributed by atoms with Crippen LogP contribution in [0.4, 0.5) is 0 Å². The van der Waals surface area contributed by atoms with E-state index >= 15 is 0 Å². The van der Waals surface area contributed by atoms with Gasteiger partial charge in [-0.05, 0) is 69.6 Å². The summed E-state index contributed by atoms with van der Waals surface area (Å²) in [6, 6.07) is 0. The second kappa shape index (κ2) is 9.01. The molecule has 2 aliphatic carbocycles. The predicted molar refractivity (Wildman–Crippen MR) is 89.0 cm³/mol. The molecule has 2 aliphatic rings. The molecule has 0 heterocycles. The highest BCUT2D eigenvalue weighted by Crippen LogP contribution is 2.32. The molecule has 2 saturated carbocycles. The number of hydrogen-bond donors (Lipinski definition) is 0. The Hall–Kier alpha value is -0.120. The molecule has 0 aromatic rings. The van der Waals surface area contributed by atoms with Crippen LogP contribution in [-0.2, 0) is 0 Å². The van der Waals surface area contributed by atoms with Crippen molar-refractivity contribution in [3.05, 3.63) is 11.6 Å². The van der Waals surface area contributed by atoms with Gasteiger partial charge in [-0.1, -0.05) is 29.5 Å². The molecule has 0 aliphatic heterocycles. The Morgan fingerprint density at radius 3 is 1.90 bits per heavy atom. The van der Waals surface area contributed by atoms with Gasteiger partial charge in [0.25, 0.3) is 0 Å². The van der Waals surface area contributed by atoms with Gasteiger partial charge in [-0.3, -0.25) is 0 Å². The largest absolute Gasteiger partial charge is 0.127 e. The summed E-state index contributed by atoms with van der Waals surface area (Å²) in [5.41, 5.74) is 1.68. The number of alkyl halides is 1. The van der Waals surface area contributed by atoms with Crippen molar-refractivity contribution in [2.24, 2.45) is 23.7 Å². The highest BCUT2D eigenvalue weighted by molar-refractivity contribution is 6.25. The first-order chi connectivity index (χ1) is 9.81. The van der Waals surface area contributed by atoms with Crippen molar-refractivity contribution >= 4 is 23.2 Å². The summed E-state index contributed by atoms with van der Waals surface area (Å²) in [4.78, 5) is 0. The topological polar surface area (TPSA) is 0 Å². The third kappa shape index (κ3) is 5.34. The second-order valence-corrected chi connectivity index (χ2v) is 7.04. The van der Waals surface area contributed by atoms with Crippen LogP contribution in [0, 0.1) is 35.5 Å². The lowest BCUT2D eigenvalue weighted by molar-refractivity contribution is 0.310. The molecule has 0 nitrogen and oxygen atoms in total. The fraction of sp³-hybridized carbons (Fsp3) is 0.778. The number of allylic oxidation sites excluding steroid dienone is 1. The third-order valence-corrected chi connectivity index (χ3v) is 5.34. The molecule has 0 spiro atoms. The van der Waals surface area contributed by atoms with Crippen molar-refractivity contribution in [3.63, 3.8) is 0 Å². The van der Waals surface area contributed by atoms with Crippen LogP contribution < -0.4 is 0 Å². The van der Waals surface area contributed by atoms with E-state index in [4.69, 9.17) is 23.2 Å². The van der Waals surface area contributed by atoms with E-state index in [1.807, 2.05) is 0 Å². The van der Waals surface area contributed by atoms with Crippen molar-refractivity contribution in [2.75, 3.05) is 5.88 Å². The fourth-order valence-corrected chi connectivity index (χ4v) is 4.06. The van der Waals surface area contributed by atoms with E-state index in [-0.39, 0.29) is 0 Å². The van der Waals surface area contributed by atoms with E-state index in [9.17, 15) is 0 Å². The minimum absolute atomic E-state index is 0.635. The molecule has 0 aromatic carbocycles. The van der Waals surface area contributed by atoms with Gasteiger partial charge in [-0.15, -0.1) is 11.6 Å². The molecular formula is C18H26Cl2. The monoisotopic (exact) mass is 312 g/mol. The Morgan fingerprint density at radius 1 is 0.850 bits per heavy atom. The summed E-state index contributed by atoms with van der Waals surface area (Å²) in [7, 11) is 0. The van der Waals surface area contributed by atoms with Crippen molar-refractivity contribution in [2.45, 2.75) is 57.8 Å². The minimum atomic E-state index is 0.635. The third-order valence-electron chi connectivity index (χ3n) is 4.97. The molecule has 0 bridgehead atoms. The van der Waals surface area contributed by atoms with Crippen LogP contribution in [0.15, 0.2) is 11.6 Å². The maximum atomic E-state index is 5.83. The van der Waals surface area contributed by atoms with Crippen molar-refractivity contribution < 1.29 is 0 Å². The maximum Gasteiger partial charge on any atom is 0.0226 e. The van der Waals surface area contributed by atoms with Crippen molar-refractivity contribution in [3.8, 4) is 11.8 Å². The lowest BCUT2D eigenvalue weighted by atomic mass is 9.79. The molecule has 0 saturated heterocycles. The first-order valence-electron chi connectivity index (χ1n) is 8.15. The fourth-order valence-electron chi connectivity index (χ4n) is 3.54. The van der Waals surface area contributed by atoms with E-state index in [1.54, 1.807) is 5.54 Å². The molecule has 2 fully saturated rings. The Labute approximate surface area is 134 Å². The molecule has 0 amide bonds. The summed E-state index contributed by atoms with van der Waals surface area (Å²) in [6.45, 7) is 0. The molecule has 0 N–H and O–H groups in total. The van der Waals surface area contributed by atoms with E-state index in [2.05, 4.69) is 17.9 Å². The van der Waals surface area contributed by atoms with Crippen molar-refractivity contribution in [1.29, 1.82) is 0 Å². The quantitative estimate of drug-likeness (QED) is 0.444. The number of rotatable bonds is 3. The number of hydrogen-bond acceptors (Lipinski definition) is 0. The molecular weight excluding hydrogens is 287 g/mol. The summed E-state index contributed by atoms with van der Waals surface area (Å²) in [6.07, 6.45) is 13.6. The normalized spacial score (nSPS) is 34.7. The molecule has 0 atom stereocenters. The lowest BCUT2D eigenvalue weighted by Gasteiger charge is -2.26. The highest BCUT2D eigenvalue weighted by Gasteiger charge is 2.20. The summed E-state index contributed by atoms with van der Waals surface area (Å²) in [5.74, 6) is 10.8. The standard InChI is InChI=1S/C18H26Cl2/c19-13-11-17-7-3-15(4-8-17)1-2-16-5-9-18(10-6-16)12-14-20/h11,13,15-18H,3-10,12,14H2/b13-11+. The highest BCUT2D eigenvalue weighted by atomic mass is 35.5. The molecule has 20 heavy (non-hydrogen) atoms. The summed E-state index contributed by atoms with van der Waals surface area (Å²) in [5, 5.41) is 0. The minimum Gasteiger partial charge on any atom is -0.127 e. The smallest absolute Gasteiger partial charge is 0.0226 e.